The van der Waals surface area contributed by atoms with Gasteiger partial charge in [-0.3, -0.25) is 4.79 Å². The number of rotatable bonds is 4. The predicted octanol–water partition coefficient (Wildman–Crippen LogP) is 3.51. The highest BCUT2D eigenvalue weighted by Gasteiger charge is 2.37. The van der Waals surface area contributed by atoms with E-state index in [4.69, 9.17) is 5.73 Å². The number of anilines is 1. The second kappa shape index (κ2) is 5.88. The van der Waals surface area contributed by atoms with Crippen LogP contribution in [-0.2, 0) is 4.79 Å². The summed E-state index contributed by atoms with van der Waals surface area (Å²) < 4.78 is 2.05. The largest absolute Gasteiger partial charge is 0.330 e. The number of amides is 1. The Morgan fingerprint density at radius 3 is 2.72 bits per heavy atom. The molecule has 0 bridgehead atoms. The van der Waals surface area contributed by atoms with Gasteiger partial charge in [0, 0.05) is 14.5 Å². The first-order valence-corrected chi connectivity index (χ1v) is 7.87. The molecule has 2 rings (SSSR count). The molecule has 0 unspecified atom stereocenters. The predicted molar refractivity (Wildman–Crippen MR) is 85.4 cm³/mol. The van der Waals surface area contributed by atoms with Crippen molar-refractivity contribution >= 4 is 50.1 Å². The number of hydrogen-bond acceptors (Lipinski definition) is 2. The van der Waals surface area contributed by atoms with Crippen molar-refractivity contribution in [3.05, 3.63) is 26.2 Å². The fourth-order valence-electron chi connectivity index (χ4n) is 2.26. The van der Waals surface area contributed by atoms with E-state index in [-0.39, 0.29) is 11.3 Å². The van der Waals surface area contributed by atoms with Crippen LogP contribution in [0.4, 0.5) is 5.69 Å². The number of carbonyl (C=O) groups excluding carboxylic acids is 1. The van der Waals surface area contributed by atoms with Crippen molar-refractivity contribution in [2.24, 2.45) is 11.1 Å². The van der Waals surface area contributed by atoms with Crippen molar-refractivity contribution in [1.82, 2.24) is 0 Å². The Hall–Kier alpha value is -0.140. The lowest BCUT2D eigenvalue weighted by Gasteiger charge is -2.40. The minimum atomic E-state index is 0.0553. The van der Waals surface area contributed by atoms with Crippen LogP contribution in [-0.4, -0.2) is 12.5 Å². The van der Waals surface area contributed by atoms with Gasteiger partial charge in [0.15, 0.2) is 0 Å². The number of hydrogen-bond donors (Lipinski definition) is 2. The van der Waals surface area contributed by atoms with Gasteiger partial charge < -0.3 is 11.1 Å². The molecule has 0 saturated heterocycles. The van der Waals surface area contributed by atoms with Crippen LogP contribution in [0.2, 0.25) is 0 Å². The Balaban J connectivity index is 1.98. The first kappa shape index (κ1) is 14.3. The third-order valence-electron chi connectivity index (χ3n) is 3.59. The number of carbonyl (C=O) groups is 1. The van der Waals surface area contributed by atoms with Crippen molar-refractivity contribution in [2.45, 2.75) is 25.7 Å². The zero-order chi connectivity index (χ0) is 13.2. The molecule has 1 saturated carbocycles. The van der Waals surface area contributed by atoms with E-state index in [9.17, 15) is 4.79 Å². The van der Waals surface area contributed by atoms with Gasteiger partial charge in [-0.1, -0.05) is 6.42 Å². The molecule has 3 N–H and O–H groups in total. The van der Waals surface area contributed by atoms with E-state index in [1.165, 1.54) is 6.42 Å². The minimum Gasteiger partial charge on any atom is -0.330 e. The molecule has 18 heavy (non-hydrogen) atoms. The van der Waals surface area contributed by atoms with Gasteiger partial charge in [-0.2, -0.15) is 0 Å². The quantitative estimate of drug-likeness (QED) is 0.729. The van der Waals surface area contributed by atoms with Gasteiger partial charge in [-0.15, -0.1) is 0 Å². The summed E-state index contributed by atoms with van der Waals surface area (Å²) in [5, 5.41) is 2.95. The number of halogens is 2. The lowest BCUT2D eigenvalue weighted by atomic mass is 9.66. The third-order valence-corrected chi connectivity index (χ3v) is 4.92. The van der Waals surface area contributed by atoms with Gasteiger partial charge in [0.1, 0.15) is 0 Å². The van der Waals surface area contributed by atoms with Crippen LogP contribution in [0.25, 0.3) is 0 Å². The molecule has 1 aliphatic rings. The zero-order valence-electron chi connectivity index (χ0n) is 10.0. The Bertz CT molecular complexity index is 455. The molecule has 0 atom stereocenters. The Morgan fingerprint density at radius 2 is 2.22 bits per heavy atom. The average Bonchev–Trinajstić information content (AvgIpc) is 2.27. The molecule has 0 aliphatic heterocycles. The van der Waals surface area contributed by atoms with E-state index in [0.717, 1.165) is 26.6 Å². The molecule has 0 radical (unpaired) electrons. The summed E-state index contributed by atoms with van der Waals surface area (Å²) in [6.07, 6.45) is 3.87. The molecule has 3 nitrogen and oxygen atoms in total. The molecule has 0 heterocycles. The molecule has 98 valence electrons. The van der Waals surface area contributed by atoms with Gasteiger partial charge in [-0.25, -0.2) is 0 Å². The lowest BCUT2D eigenvalue weighted by molar-refractivity contribution is -0.119. The number of benzene rings is 1. The van der Waals surface area contributed by atoms with E-state index < -0.39 is 0 Å². The fourth-order valence-corrected chi connectivity index (χ4v) is 3.65. The average molecular weight is 423 g/mol. The standard InChI is InChI=1S/C13H16BrIN2O/c14-10-6-9(15)2-3-11(10)17-12(18)7-13(8-16)4-1-5-13/h2-3,6H,1,4-5,7-8,16H2,(H,17,18). The molecule has 0 aromatic heterocycles. The zero-order valence-corrected chi connectivity index (χ0v) is 13.8. The van der Waals surface area contributed by atoms with Crippen molar-refractivity contribution in [1.29, 1.82) is 0 Å². The second-order valence-electron chi connectivity index (χ2n) is 4.91. The summed E-state index contributed by atoms with van der Waals surface area (Å²) in [5.74, 6) is 0.0575. The van der Waals surface area contributed by atoms with Gasteiger partial charge in [0.25, 0.3) is 0 Å². The van der Waals surface area contributed by atoms with Gasteiger partial charge >= 0.3 is 0 Å². The number of nitrogens with one attached hydrogen (secondary N) is 1. The second-order valence-corrected chi connectivity index (χ2v) is 7.01. The van der Waals surface area contributed by atoms with E-state index in [0.29, 0.717) is 13.0 Å². The summed E-state index contributed by atoms with van der Waals surface area (Å²) in [4.78, 5) is 12.0. The third kappa shape index (κ3) is 3.24. The normalized spacial score (nSPS) is 17.1. The van der Waals surface area contributed by atoms with Gasteiger partial charge in [-0.05, 0) is 81.5 Å². The van der Waals surface area contributed by atoms with E-state index in [1.54, 1.807) is 0 Å². The molecule has 1 fully saturated rings. The topological polar surface area (TPSA) is 55.1 Å². The first-order valence-electron chi connectivity index (χ1n) is 6.00. The van der Waals surface area contributed by atoms with E-state index >= 15 is 0 Å². The highest BCUT2D eigenvalue weighted by Crippen LogP contribution is 2.43. The molecule has 1 aromatic carbocycles. The van der Waals surface area contributed by atoms with Crippen LogP contribution in [0.15, 0.2) is 22.7 Å². The van der Waals surface area contributed by atoms with Crippen molar-refractivity contribution < 1.29 is 4.79 Å². The maximum Gasteiger partial charge on any atom is 0.225 e. The summed E-state index contributed by atoms with van der Waals surface area (Å²) in [5.41, 5.74) is 6.65. The van der Waals surface area contributed by atoms with Crippen LogP contribution in [0.5, 0.6) is 0 Å². The van der Waals surface area contributed by atoms with Crippen LogP contribution >= 0.6 is 38.5 Å². The number of nitrogens with two attached hydrogens (primary N) is 1. The van der Waals surface area contributed by atoms with Crippen LogP contribution in [0.3, 0.4) is 0 Å². The molecule has 1 aromatic rings. The Morgan fingerprint density at radius 1 is 1.50 bits per heavy atom. The first-order chi connectivity index (χ1) is 8.54. The lowest BCUT2D eigenvalue weighted by Crippen LogP contribution is -2.40. The van der Waals surface area contributed by atoms with Crippen LogP contribution in [0, 0.1) is 8.99 Å². The Kier molecular flexibility index (Phi) is 4.66. The molecular weight excluding hydrogens is 407 g/mol. The highest BCUT2D eigenvalue weighted by atomic mass is 127. The van der Waals surface area contributed by atoms with Gasteiger partial charge in [0.05, 0.1) is 5.69 Å². The summed E-state index contributed by atoms with van der Waals surface area (Å²) in [6.45, 7) is 0.605. The smallest absolute Gasteiger partial charge is 0.225 e. The highest BCUT2D eigenvalue weighted by molar-refractivity contribution is 14.1. The minimum absolute atomic E-state index is 0.0553. The van der Waals surface area contributed by atoms with Crippen molar-refractivity contribution in [3.63, 3.8) is 0 Å². The summed E-state index contributed by atoms with van der Waals surface area (Å²) >= 11 is 5.70. The fraction of sp³-hybridized carbons (Fsp3) is 0.462. The van der Waals surface area contributed by atoms with Crippen LogP contribution < -0.4 is 11.1 Å². The SMILES string of the molecule is NCC1(CC(=O)Nc2ccc(I)cc2Br)CCC1. The van der Waals surface area contributed by atoms with Crippen molar-refractivity contribution in [3.8, 4) is 0 Å². The van der Waals surface area contributed by atoms with Crippen LogP contribution in [0.1, 0.15) is 25.7 Å². The molecular formula is C13H16BrIN2O. The summed E-state index contributed by atoms with van der Waals surface area (Å²) in [7, 11) is 0. The molecule has 1 aliphatic carbocycles. The Labute approximate surface area is 129 Å². The summed E-state index contributed by atoms with van der Waals surface area (Å²) in [6, 6.07) is 5.88. The maximum absolute atomic E-state index is 12.0. The van der Waals surface area contributed by atoms with E-state index in [2.05, 4.69) is 43.8 Å². The maximum atomic E-state index is 12.0. The van der Waals surface area contributed by atoms with Crippen molar-refractivity contribution in [2.75, 3.05) is 11.9 Å². The molecule has 0 spiro atoms. The molecule has 5 heteroatoms. The monoisotopic (exact) mass is 422 g/mol. The van der Waals surface area contributed by atoms with E-state index in [1.807, 2.05) is 18.2 Å². The van der Waals surface area contributed by atoms with Gasteiger partial charge in [0.2, 0.25) is 5.91 Å². The molecule has 1 amide bonds.